The van der Waals surface area contributed by atoms with Gasteiger partial charge >= 0.3 is 12.0 Å². The second-order valence-corrected chi connectivity index (χ2v) is 11.5. The molecule has 4 rings (SSSR count). The van der Waals surface area contributed by atoms with Crippen LogP contribution >= 0.6 is 31.9 Å². The number of urea groups is 1. The highest BCUT2D eigenvalue weighted by Crippen LogP contribution is 2.34. The Morgan fingerprint density at radius 3 is 2.13 bits per heavy atom. The Balaban J connectivity index is 1.53. The number of nitrogens with zero attached hydrogens (tertiary/aromatic N) is 1. The van der Waals surface area contributed by atoms with Crippen molar-refractivity contribution in [3.63, 3.8) is 0 Å². The first kappa shape index (κ1) is 28.8. The summed E-state index contributed by atoms with van der Waals surface area (Å²) < 4.78 is 1.68. The van der Waals surface area contributed by atoms with Crippen LogP contribution in [0, 0.1) is 0 Å². The fourth-order valence-corrected chi connectivity index (χ4v) is 6.08. The molecule has 3 amide bonds. The highest BCUT2D eigenvalue weighted by atomic mass is 79.9. The van der Waals surface area contributed by atoms with Gasteiger partial charge in [-0.05, 0) is 72.4 Å². The average Bonchev–Trinajstić information content (AvgIpc) is 2.92. The van der Waals surface area contributed by atoms with Crippen LogP contribution in [0.1, 0.15) is 65.9 Å². The van der Waals surface area contributed by atoms with E-state index < -0.39 is 5.97 Å². The van der Waals surface area contributed by atoms with Crippen LogP contribution in [0.2, 0.25) is 0 Å². The van der Waals surface area contributed by atoms with Gasteiger partial charge in [0.1, 0.15) is 0 Å². The zero-order valence-electron chi connectivity index (χ0n) is 21.5. The maximum absolute atomic E-state index is 13.5. The van der Waals surface area contributed by atoms with E-state index in [0.29, 0.717) is 23.7 Å². The first-order valence-corrected chi connectivity index (χ1v) is 14.6. The molecule has 7 nitrogen and oxygen atoms in total. The normalized spacial score (nSPS) is 13.5. The predicted molar refractivity (Wildman–Crippen MR) is 160 cm³/mol. The van der Waals surface area contributed by atoms with Crippen LogP contribution < -0.4 is 15.5 Å². The summed E-state index contributed by atoms with van der Waals surface area (Å²) in [5.74, 6) is -0.731. The molecule has 0 atom stereocenters. The van der Waals surface area contributed by atoms with E-state index in [9.17, 15) is 14.4 Å². The highest BCUT2D eigenvalue weighted by Gasteiger charge is 2.20. The van der Waals surface area contributed by atoms with Crippen molar-refractivity contribution in [3.8, 4) is 0 Å². The van der Waals surface area contributed by atoms with Crippen molar-refractivity contribution < 1.29 is 19.5 Å². The molecule has 0 heterocycles. The lowest BCUT2D eigenvalue weighted by molar-refractivity contribution is -0.136. The van der Waals surface area contributed by atoms with Crippen LogP contribution in [0.4, 0.5) is 16.2 Å². The van der Waals surface area contributed by atoms with Gasteiger partial charge in [0.05, 0.1) is 13.0 Å². The van der Waals surface area contributed by atoms with Gasteiger partial charge in [-0.15, -0.1) is 0 Å². The summed E-state index contributed by atoms with van der Waals surface area (Å²) >= 11 is 6.94. The van der Waals surface area contributed by atoms with Gasteiger partial charge in [0.15, 0.2) is 0 Å². The summed E-state index contributed by atoms with van der Waals surface area (Å²) in [5.41, 5.74) is 4.01. The maximum Gasteiger partial charge on any atom is 0.326 e. The summed E-state index contributed by atoms with van der Waals surface area (Å²) in [6, 6.07) is 20.5. The van der Waals surface area contributed by atoms with Gasteiger partial charge in [-0.25, -0.2) is 4.79 Å². The van der Waals surface area contributed by atoms with Crippen LogP contribution in [0.15, 0.2) is 75.7 Å². The number of hydrogen-bond acceptors (Lipinski definition) is 3. The largest absolute Gasteiger partial charge is 0.481 e. The number of hydrogen-bond donors (Lipinski definition) is 3. The van der Waals surface area contributed by atoms with Crippen LogP contribution in [0.3, 0.4) is 0 Å². The van der Waals surface area contributed by atoms with E-state index in [0.717, 1.165) is 20.2 Å². The van der Waals surface area contributed by atoms with Crippen molar-refractivity contribution in [2.24, 2.45) is 0 Å². The Bertz CT molecular complexity index is 1290. The van der Waals surface area contributed by atoms with Crippen LogP contribution in [0.5, 0.6) is 0 Å². The van der Waals surface area contributed by atoms with Crippen LogP contribution in [-0.4, -0.2) is 29.6 Å². The van der Waals surface area contributed by atoms with Crippen molar-refractivity contribution in [1.82, 2.24) is 5.32 Å². The summed E-state index contributed by atoms with van der Waals surface area (Å²) in [6.07, 6.45) is 6.10. The van der Waals surface area contributed by atoms with Crippen molar-refractivity contribution in [2.45, 2.75) is 51.0 Å². The van der Waals surface area contributed by atoms with Crippen LogP contribution in [-0.2, 0) is 11.3 Å². The molecule has 3 aromatic rings. The number of halogens is 2. The summed E-state index contributed by atoms with van der Waals surface area (Å²) in [5, 5.41) is 14.4. The van der Waals surface area contributed by atoms with Crippen LogP contribution in [0.25, 0.3) is 0 Å². The van der Waals surface area contributed by atoms with E-state index in [1.165, 1.54) is 37.7 Å². The molecule has 0 saturated heterocycles. The first-order valence-electron chi connectivity index (χ1n) is 13.0. The van der Waals surface area contributed by atoms with Gasteiger partial charge in [0.2, 0.25) is 0 Å². The molecule has 9 heteroatoms. The van der Waals surface area contributed by atoms with E-state index >= 15 is 0 Å². The molecule has 3 aromatic carbocycles. The maximum atomic E-state index is 13.5. The minimum atomic E-state index is -0.967. The standard InChI is InChI=1S/C30H31Br2N3O4/c31-24-16-25(32)18-26(17-24)34-30(39)35(27-12-10-22(11-13-27)21-4-2-1-3-5-21)19-20-6-8-23(9-7-20)29(38)33-15-14-28(36)37/h6-13,16-18,21H,1-5,14-15,19H2,(H,33,38)(H,34,39)(H,36,37). The Hall–Kier alpha value is -3.17. The van der Waals surface area contributed by atoms with Gasteiger partial charge in [-0.2, -0.15) is 0 Å². The molecule has 1 aliphatic rings. The Morgan fingerprint density at radius 2 is 1.51 bits per heavy atom. The van der Waals surface area contributed by atoms with E-state index in [4.69, 9.17) is 5.11 Å². The monoisotopic (exact) mass is 655 g/mol. The molecule has 1 fully saturated rings. The van der Waals surface area contributed by atoms with Gasteiger partial charge < -0.3 is 15.7 Å². The zero-order valence-corrected chi connectivity index (χ0v) is 24.6. The van der Waals surface area contributed by atoms with Crippen molar-refractivity contribution in [3.05, 3.63) is 92.4 Å². The molecule has 0 unspecified atom stereocenters. The lowest BCUT2D eigenvalue weighted by Gasteiger charge is -2.26. The molecule has 1 saturated carbocycles. The molecule has 1 aliphatic carbocycles. The molecule has 0 spiro atoms. The number of amides is 3. The molecular formula is C30H31Br2N3O4. The Labute approximate surface area is 245 Å². The first-order chi connectivity index (χ1) is 18.8. The Kier molecular flexibility index (Phi) is 10.2. The number of carbonyl (C=O) groups excluding carboxylic acids is 2. The molecule has 0 aliphatic heterocycles. The second kappa shape index (κ2) is 13.8. The number of anilines is 2. The highest BCUT2D eigenvalue weighted by molar-refractivity contribution is 9.11. The summed E-state index contributed by atoms with van der Waals surface area (Å²) in [4.78, 5) is 38.2. The van der Waals surface area contributed by atoms with E-state index in [2.05, 4.69) is 54.6 Å². The third-order valence-electron chi connectivity index (χ3n) is 6.82. The average molecular weight is 657 g/mol. The molecule has 0 radical (unpaired) electrons. The summed E-state index contributed by atoms with van der Waals surface area (Å²) in [6.45, 7) is 0.358. The molecule has 3 N–H and O–H groups in total. The van der Waals surface area contributed by atoms with Gasteiger partial charge in [-0.3, -0.25) is 14.5 Å². The van der Waals surface area contributed by atoms with Gasteiger partial charge in [0.25, 0.3) is 5.91 Å². The van der Waals surface area contributed by atoms with Gasteiger partial charge in [0, 0.05) is 32.4 Å². The van der Waals surface area contributed by atoms with Crippen molar-refractivity contribution >= 4 is 61.1 Å². The third-order valence-corrected chi connectivity index (χ3v) is 7.74. The fraction of sp³-hybridized carbons (Fsp3) is 0.300. The number of aliphatic carboxylic acids is 1. The lowest BCUT2D eigenvalue weighted by atomic mass is 9.84. The minimum absolute atomic E-state index is 0.0619. The molecule has 0 bridgehead atoms. The summed E-state index contributed by atoms with van der Waals surface area (Å²) in [7, 11) is 0. The predicted octanol–water partition coefficient (Wildman–Crippen LogP) is 7.70. The van der Waals surface area contributed by atoms with Crippen molar-refractivity contribution in [1.29, 1.82) is 0 Å². The zero-order chi connectivity index (χ0) is 27.8. The van der Waals surface area contributed by atoms with E-state index in [-0.39, 0.29) is 24.9 Å². The smallest absolute Gasteiger partial charge is 0.326 e. The van der Waals surface area contributed by atoms with Gasteiger partial charge in [-0.1, -0.05) is 75.4 Å². The second-order valence-electron chi connectivity index (χ2n) is 9.70. The molecule has 0 aromatic heterocycles. The third kappa shape index (κ3) is 8.41. The number of nitrogens with one attached hydrogen (secondary N) is 2. The van der Waals surface area contributed by atoms with E-state index in [1.807, 2.05) is 30.3 Å². The lowest BCUT2D eigenvalue weighted by Crippen LogP contribution is -2.34. The molecule has 204 valence electrons. The van der Waals surface area contributed by atoms with E-state index in [1.54, 1.807) is 29.2 Å². The number of benzene rings is 3. The number of rotatable bonds is 9. The fourth-order valence-electron chi connectivity index (χ4n) is 4.79. The number of carboxylic acids is 1. The quantitative estimate of drug-likeness (QED) is 0.220. The SMILES string of the molecule is O=C(O)CCNC(=O)c1ccc(CN(C(=O)Nc2cc(Br)cc(Br)c2)c2ccc(C3CCCCC3)cc2)cc1. The van der Waals surface area contributed by atoms with Crippen molar-refractivity contribution in [2.75, 3.05) is 16.8 Å². The molecule has 39 heavy (non-hydrogen) atoms. The molecular weight excluding hydrogens is 626 g/mol. The number of carboxylic acid groups (broad SMARTS) is 1. The topological polar surface area (TPSA) is 98.7 Å². The minimum Gasteiger partial charge on any atom is -0.481 e. The number of carbonyl (C=O) groups is 3. The Morgan fingerprint density at radius 1 is 0.872 bits per heavy atom.